The molecular weight excluding hydrogens is 266 g/mol. The lowest BCUT2D eigenvalue weighted by molar-refractivity contribution is 0.0519. The fraction of sp³-hybridized carbons (Fsp3) is 0.286. The molecule has 4 nitrogen and oxygen atoms in total. The van der Waals surface area contributed by atoms with Gasteiger partial charge in [-0.05, 0) is 32.0 Å². The third-order valence-electron chi connectivity index (χ3n) is 2.52. The van der Waals surface area contributed by atoms with Gasteiger partial charge in [0.15, 0.2) is 5.69 Å². The smallest absolute Gasteiger partial charge is 0.357 e. The maximum absolute atomic E-state index is 11.8. The van der Waals surface area contributed by atoms with E-state index in [-0.39, 0.29) is 5.69 Å². The molecule has 0 fully saturated rings. The molecule has 0 N–H and O–H groups in total. The first kappa shape index (κ1) is 13.6. The lowest BCUT2D eigenvalue weighted by Crippen LogP contribution is -2.08. The van der Waals surface area contributed by atoms with E-state index in [1.807, 2.05) is 13.0 Å². The van der Waals surface area contributed by atoms with Gasteiger partial charge in [-0.15, -0.1) is 0 Å². The van der Waals surface area contributed by atoms with Crippen LogP contribution < -0.4 is 4.74 Å². The number of carbonyl (C=O) groups is 1. The minimum Gasteiger partial charge on any atom is -0.493 e. The molecule has 2 rings (SSSR count). The molecule has 100 valence electrons. The number of rotatable bonds is 4. The van der Waals surface area contributed by atoms with Gasteiger partial charge in [0, 0.05) is 16.5 Å². The van der Waals surface area contributed by atoms with Gasteiger partial charge in [-0.2, -0.15) is 0 Å². The predicted molar refractivity (Wildman–Crippen MR) is 73.9 cm³/mol. The summed E-state index contributed by atoms with van der Waals surface area (Å²) < 4.78 is 10.5. The Hall–Kier alpha value is -1.81. The Balaban J connectivity index is 2.58. The van der Waals surface area contributed by atoms with E-state index >= 15 is 0 Å². The molecule has 0 amide bonds. The largest absolute Gasteiger partial charge is 0.493 e. The second-order valence-electron chi connectivity index (χ2n) is 3.82. The van der Waals surface area contributed by atoms with Crippen molar-refractivity contribution < 1.29 is 14.3 Å². The number of benzene rings is 1. The minimum atomic E-state index is -0.467. The molecule has 0 unspecified atom stereocenters. The molecule has 0 atom stereocenters. The highest BCUT2D eigenvalue weighted by atomic mass is 35.5. The first-order valence-corrected chi connectivity index (χ1v) is 6.43. The maximum Gasteiger partial charge on any atom is 0.357 e. The number of nitrogens with zero attached hydrogens (tertiary/aromatic N) is 1. The van der Waals surface area contributed by atoms with Crippen LogP contribution in [0.4, 0.5) is 0 Å². The van der Waals surface area contributed by atoms with Gasteiger partial charge in [-0.25, -0.2) is 9.78 Å². The van der Waals surface area contributed by atoms with Crippen molar-refractivity contribution in [1.29, 1.82) is 0 Å². The molecule has 0 aliphatic carbocycles. The van der Waals surface area contributed by atoms with Crippen LogP contribution in [0.5, 0.6) is 5.75 Å². The van der Waals surface area contributed by atoms with Crippen molar-refractivity contribution in [2.75, 3.05) is 13.2 Å². The first-order chi connectivity index (χ1) is 9.15. The zero-order chi connectivity index (χ0) is 13.8. The van der Waals surface area contributed by atoms with Crippen molar-refractivity contribution in [3.8, 4) is 5.75 Å². The van der Waals surface area contributed by atoms with Crippen molar-refractivity contribution in [1.82, 2.24) is 4.98 Å². The minimum absolute atomic E-state index is 0.222. The second kappa shape index (κ2) is 5.89. The Kier molecular flexibility index (Phi) is 4.22. The number of hydrogen-bond acceptors (Lipinski definition) is 4. The summed E-state index contributed by atoms with van der Waals surface area (Å²) in [5, 5.41) is 1.38. The van der Waals surface area contributed by atoms with Crippen LogP contribution in [0.25, 0.3) is 10.9 Å². The molecule has 0 aliphatic heterocycles. The molecule has 0 radical (unpaired) electrons. The number of pyridine rings is 1. The SMILES string of the molecule is CCOC(=O)c1cc(OCC)c2ccc(Cl)cc2n1. The Bertz CT molecular complexity index is 613. The van der Waals surface area contributed by atoms with Crippen molar-refractivity contribution in [2.45, 2.75) is 13.8 Å². The number of halogens is 1. The Labute approximate surface area is 116 Å². The van der Waals surface area contributed by atoms with Crippen LogP contribution in [0.1, 0.15) is 24.3 Å². The molecule has 0 bridgehead atoms. The van der Waals surface area contributed by atoms with Crippen LogP contribution in [-0.2, 0) is 4.74 Å². The summed E-state index contributed by atoms with van der Waals surface area (Å²) in [6.07, 6.45) is 0. The quantitative estimate of drug-likeness (QED) is 0.804. The van der Waals surface area contributed by atoms with Crippen LogP contribution in [0.3, 0.4) is 0 Å². The average Bonchev–Trinajstić information content (AvgIpc) is 2.38. The number of esters is 1. The number of carbonyl (C=O) groups excluding carboxylic acids is 1. The van der Waals surface area contributed by atoms with Gasteiger partial charge in [-0.3, -0.25) is 0 Å². The number of fused-ring (bicyclic) bond motifs is 1. The first-order valence-electron chi connectivity index (χ1n) is 6.06. The number of aromatic nitrogens is 1. The summed E-state index contributed by atoms with van der Waals surface area (Å²) in [6.45, 7) is 4.44. The Morgan fingerprint density at radius 3 is 2.74 bits per heavy atom. The van der Waals surface area contributed by atoms with Gasteiger partial charge in [0.1, 0.15) is 5.75 Å². The van der Waals surface area contributed by atoms with Gasteiger partial charge in [0.05, 0.1) is 18.7 Å². The van der Waals surface area contributed by atoms with Crippen molar-refractivity contribution in [3.05, 3.63) is 35.0 Å². The molecule has 2 aromatic rings. The second-order valence-corrected chi connectivity index (χ2v) is 4.26. The molecule has 0 aliphatic rings. The van der Waals surface area contributed by atoms with Crippen LogP contribution in [0, 0.1) is 0 Å². The third kappa shape index (κ3) is 2.96. The van der Waals surface area contributed by atoms with Crippen molar-refractivity contribution >= 4 is 28.5 Å². The molecule has 1 heterocycles. The molecule has 0 saturated carbocycles. The highest BCUT2D eigenvalue weighted by Crippen LogP contribution is 2.28. The monoisotopic (exact) mass is 279 g/mol. The Morgan fingerprint density at radius 1 is 1.26 bits per heavy atom. The van der Waals surface area contributed by atoms with Crippen LogP contribution in [0.15, 0.2) is 24.3 Å². The van der Waals surface area contributed by atoms with E-state index in [9.17, 15) is 4.79 Å². The van der Waals surface area contributed by atoms with E-state index in [1.165, 1.54) is 0 Å². The lowest BCUT2D eigenvalue weighted by atomic mass is 10.2. The molecule has 0 spiro atoms. The number of hydrogen-bond donors (Lipinski definition) is 0. The third-order valence-corrected chi connectivity index (χ3v) is 2.75. The van der Waals surface area contributed by atoms with E-state index in [0.717, 1.165) is 5.39 Å². The topological polar surface area (TPSA) is 48.4 Å². The molecule has 1 aromatic carbocycles. The Morgan fingerprint density at radius 2 is 2.05 bits per heavy atom. The maximum atomic E-state index is 11.8. The summed E-state index contributed by atoms with van der Waals surface area (Å²) in [7, 11) is 0. The highest BCUT2D eigenvalue weighted by molar-refractivity contribution is 6.31. The van der Waals surface area contributed by atoms with E-state index in [0.29, 0.717) is 29.5 Å². The van der Waals surface area contributed by atoms with Gasteiger partial charge in [0.2, 0.25) is 0 Å². The van der Waals surface area contributed by atoms with Gasteiger partial charge >= 0.3 is 5.97 Å². The summed E-state index contributed by atoms with van der Waals surface area (Å²) in [4.78, 5) is 16.0. The van der Waals surface area contributed by atoms with Gasteiger partial charge in [0.25, 0.3) is 0 Å². The van der Waals surface area contributed by atoms with Crippen LogP contribution in [0.2, 0.25) is 5.02 Å². The van der Waals surface area contributed by atoms with E-state index in [2.05, 4.69) is 4.98 Å². The zero-order valence-electron chi connectivity index (χ0n) is 10.8. The van der Waals surface area contributed by atoms with Gasteiger partial charge < -0.3 is 9.47 Å². The highest BCUT2D eigenvalue weighted by Gasteiger charge is 2.13. The van der Waals surface area contributed by atoms with E-state index in [1.54, 1.807) is 25.1 Å². The normalized spacial score (nSPS) is 10.5. The van der Waals surface area contributed by atoms with E-state index in [4.69, 9.17) is 21.1 Å². The standard InChI is InChI=1S/C14H14ClNO3/c1-3-18-13-8-12(14(17)19-4-2)16-11-7-9(15)5-6-10(11)13/h5-8H,3-4H2,1-2H3. The zero-order valence-corrected chi connectivity index (χ0v) is 11.5. The number of ether oxygens (including phenoxy) is 2. The van der Waals surface area contributed by atoms with Crippen molar-refractivity contribution in [3.63, 3.8) is 0 Å². The summed E-state index contributed by atoms with van der Waals surface area (Å²) in [5.41, 5.74) is 0.835. The predicted octanol–water partition coefficient (Wildman–Crippen LogP) is 3.46. The molecule has 19 heavy (non-hydrogen) atoms. The average molecular weight is 280 g/mol. The van der Waals surface area contributed by atoms with Crippen LogP contribution >= 0.6 is 11.6 Å². The fourth-order valence-electron chi connectivity index (χ4n) is 1.75. The van der Waals surface area contributed by atoms with Gasteiger partial charge in [-0.1, -0.05) is 11.6 Å². The molecule has 0 saturated heterocycles. The summed E-state index contributed by atoms with van der Waals surface area (Å²) >= 11 is 5.94. The lowest BCUT2D eigenvalue weighted by Gasteiger charge is -2.09. The van der Waals surface area contributed by atoms with E-state index < -0.39 is 5.97 Å². The molecule has 1 aromatic heterocycles. The molecular formula is C14H14ClNO3. The van der Waals surface area contributed by atoms with Crippen LogP contribution in [-0.4, -0.2) is 24.2 Å². The fourth-order valence-corrected chi connectivity index (χ4v) is 1.92. The summed E-state index contributed by atoms with van der Waals surface area (Å²) in [6, 6.07) is 6.88. The molecule has 5 heteroatoms. The van der Waals surface area contributed by atoms with Crippen molar-refractivity contribution in [2.24, 2.45) is 0 Å². The summed E-state index contributed by atoms with van der Waals surface area (Å²) in [5.74, 6) is 0.137.